The summed E-state index contributed by atoms with van der Waals surface area (Å²) in [7, 11) is 0. The highest BCUT2D eigenvalue weighted by Crippen LogP contribution is 2.30. The van der Waals surface area contributed by atoms with E-state index < -0.39 is 0 Å². The molecule has 0 saturated heterocycles. The van der Waals surface area contributed by atoms with Gasteiger partial charge in [-0.2, -0.15) is 0 Å². The number of nitrogens with two attached hydrogens (primary N) is 1. The van der Waals surface area contributed by atoms with Crippen LogP contribution in [0, 0.1) is 11.8 Å². The molecule has 5 heteroatoms. The third kappa shape index (κ3) is 3.06. The molecular formula is C12H21N5. The van der Waals surface area contributed by atoms with Crippen molar-refractivity contribution in [3.05, 3.63) is 12.4 Å². The van der Waals surface area contributed by atoms with Gasteiger partial charge in [0.25, 0.3) is 0 Å². The van der Waals surface area contributed by atoms with Crippen molar-refractivity contribution in [2.75, 3.05) is 10.7 Å². The topological polar surface area (TPSA) is 75.9 Å². The minimum atomic E-state index is 0.506. The Labute approximate surface area is 102 Å². The lowest BCUT2D eigenvalue weighted by Crippen LogP contribution is -2.33. The van der Waals surface area contributed by atoms with E-state index in [1.807, 2.05) is 6.07 Å². The van der Waals surface area contributed by atoms with E-state index in [9.17, 15) is 0 Å². The maximum absolute atomic E-state index is 5.33. The fraction of sp³-hybridized carbons (Fsp3) is 0.667. The predicted molar refractivity (Wildman–Crippen MR) is 69.4 cm³/mol. The van der Waals surface area contributed by atoms with Gasteiger partial charge in [0.2, 0.25) is 0 Å². The second kappa shape index (κ2) is 5.31. The molecular weight excluding hydrogens is 214 g/mol. The first-order valence-corrected chi connectivity index (χ1v) is 6.24. The second-order valence-corrected chi connectivity index (χ2v) is 5.08. The van der Waals surface area contributed by atoms with Crippen LogP contribution in [0.1, 0.15) is 33.1 Å². The van der Waals surface area contributed by atoms with Gasteiger partial charge in [-0.15, -0.1) is 0 Å². The SMILES string of the molecule is CC1CCC(Nc2cc(NN)ncn2)C(C)C1. The number of nitrogens with one attached hydrogen (secondary N) is 2. The molecule has 0 bridgehead atoms. The number of rotatable bonds is 3. The normalized spacial score (nSPS) is 28.8. The van der Waals surface area contributed by atoms with E-state index in [1.165, 1.54) is 25.6 Å². The monoisotopic (exact) mass is 235 g/mol. The van der Waals surface area contributed by atoms with Crippen molar-refractivity contribution < 1.29 is 0 Å². The zero-order valence-corrected chi connectivity index (χ0v) is 10.5. The Morgan fingerprint density at radius 3 is 2.71 bits per heavy atom. The number of hydrogen-bond acceptors (Lipinski definition) is 5. The smallest absolute Gasteiger partial charge is 0.145 e. The first kappa shape index (κ1) is 12.1. The Balaban J connectivity index is 2.00. The highest BCUT2D eigenvalue weighted by Gasteiger charge is 2.25. The molecule has 17 heavy (non-hydrogen) atoms. The highest BCUT2D eigenvalue weighted by atomic mass is 15.3. The van der Waals surface area contributed by atoms with Crippen molar-refractivity contribution in [1.82, 2.24) is 9.97 Å². The largest absolute Gasteiger partial charge is 0.367 e. The molecule has 94 valence electrons. The number of anilines is 2. The molecule has 0 aromatic carbocycles. The van der Waals surface area contributed by atoms with E-state index in [1.54, 1.807) is 0 Å². The summed E-state index contributed by atoms with van der Waals surface area (Å²) in [6, 6.07) is 2.34. The Morgan fingerprint density at radius 1 is 1.24 bits per heavy atom. The van der Waals surface area contributed by atoms with Crippen LogP contribution in [0.5, 0.6) is 0 Å². The summed E-state index contributed by atoms with van der Waals surface area (Å²) in [5.74, 6) is 8.34. The Kier molecular flexibility index (Phi) is 3.78. The van der Waals surface area contributed by atoms with Crippen LogP contribution in [0.25, 0.3) is 0 Å². The molecule has 0 radical (unpaired) electrons. The van der Waals surface area contributed by atoms with Gasteiger partial charge in [-0.05, 0) is 31.1 Å². The van der Waals surface area contributed by atoms with Crippen LogP contribution >= 0.6 is 0 Å². The van der Waals surface area contributed by atoms with Crippen LogP contribution in [0.4, 0.5) is 11.6 Å². The molecule has 1 heterocycles. The van der Waals surface area contributed by atoms with Gasteiger partial charge in [-0.25, -0.2) is 15.8 Å². The summed E-state index contributed by atoms with van der Waals surface area (Å²) in [5.41, 5.74) is 2.53. The van der Waals surface area contributed by atoms with Gasteiger partial charge < -0.3 is 10.7 Å². The molecule has 1 fully saturated rings. The molecule has 1 aliphatic rings. The Morgan fingerprint density at radius 2 is 2.00 bits per heavy atom. The van der Waals surface area contributed by atoms with Gasteiger partial charge in [-0.1, -0.05) is 13.8 Å². The Bertz CT molecular complexity index is 368. The molecule has 3 atom stereocenters. The third-order valence-electron chi connectivity index (χ3n) is 3.58. The van der Waals surface area contributed by atoms with Crippen LogP contribution in [0.3, 0.4) is 0 Å². The maximum Gasteiger partial charge on any atom is 0.145 e. The van der Waals surface area contributed by atoms with Crippen LogP contribution in [-0.2, 0) is 0 Å². The van der Waals surface area contributed by atoms with Crippen LogP contribution in [0.15, 0.2) is 12.4 Å². The molecule has 0 aliphatic heterocycles. The number of hydrogen-bond donors (Lipinski definition) is 3. The number of nitrogen functional groups attached to an aromatic ring is 1. The average molecular weight is 235 g/mol. The van der Waals surface area contributed by atoms with E-state index in [0.29, 0.717) is 17.8 Å². The molecule has 0 spiro atoms. The van der Waals surface area contributed by atoms with E-state index >= 15 is 0 Å². The molecule has 4 N–H and O–H groups in total. The Hall–Kier alpha value is -1.36. The van der Waals surface area contributed by atoms with E-state index in [0.717, 1.165) is 11.7 Å². The summed E-state index contributed by atoms with van der Waals surface area (Å²) >= 11 is 0. The molecule has 1 aromatic heterocycles. The van der Waals surface area contributed by atoms with Gasteiger partial charge in [0.15, 0.2) is 0 Å². The summed E-state index contributed by atoms with van der Waals surface area (Å²) in [6.45, 7) is 4.63. The molecule has 1 aromatic rings. The van der Waals surface area contributed by atoms with E-state index in [-0.39, 0.29) is 0 Å². The molecule has 0 amide bonds. The maximum atomic E-state index is 5.33. The van der Waals surface area contributed by atoms with Gasteiger partial charge in [0.1, 0.15) is 18.0 Å². The molecule has 5 nitrogen and oxygen atoms in total. The van der Waals surface area contributed by atoms with E-state index in [2.05, 4.69) is 34.6 Å². The van der Waals surface area contributed by atoms with Crippen LogP contribution < -0.4 is 16.6 Å². The minimum Gasteiger partial charge on any atom is -0.367 e. The van der Waals surface area contributed by atoms with Crippen molar-refractivity contribution in [2.24, 2.45) is 17.7 Å². The standard InChI is InChI=1S/C12H21N5/c1-8-3-4-10(9(2)5-8)16-11-6-12(17-13)15-7-14-11/h6-10H,3-5,13H2,1-2H3,(H2,14,15,16,17). The van der Waals surface area contributed by atoms with Crippen LogP contribution in [-0.4, -0.2) is 16.0 Å². The van der Waals surface area contributed by atoms with Gasteiger partial charge in [0.05, 0.1) is 0 Å². The highest BCUT2D eigenvalue weighted by molar-refractivity contribution is 5.46. The second-order valence-electron chi connectivity index (χ2n) is 5.08. The third-order valence-corrected chi connectivity index (χ3v) is 3.58. The minimum absolute atomic E-state index is 0.506. The number of nitrogens with zero attached hydrogens (tertiary/aromatic N) is 2. The van der Waals surface area contributed by atoms with Crippen molar-refractivity contribution in [3.63, 3.8) is 0 Å². The fourth-order valence-corrected chi connectivity index (χ4v) is 2.58. The van der Waals surface area contributed by atoms with Crippen LogP contribution in [0.2, 0.25) is 0 Å². The first-order chi connectivity index (χ1) is 8.19. The van der Waals surface area contributed by atoms with Crippen molar-refractivity contribution in [2.45, 2.75) is 39.2 Å². The summed E-state index contributed by atoms with van der Waals surface area (Å²) in [4.78, 5) is 8.21. The lowest BCUT2D eigenvalue weighted by molar-refractivity contribution is 0.276. The lowest BCUT2D eigenvalue weighted by Gasteiger charge is -2.33. The first-order valence-electron chi connectivity index (χ1n) is 6.24. The van der Waals surface area contributed by atoms with Crippen molar-refractivity contribution in [1.29, 1.82) is 0 Å². The quantitative estimate of drug-likeness (QED) is 0.552. The van der Waals surface area contributed by atoms with E-state index in [4.69, 9.17) is 5.84 Å². The predicted octanol–water partition coefficient (Wildman–Crippen LogP) is 2.00. The molecule has 1 saturated carbocycles. The van der Waals surface area contributed by atoms with Gasteiger partial charge in [-0.3, -0.25) is 0 Å². The van der Waals surface area contributed by atoms with Crippen molar-refractivity contribution in [3.8, 4) is 0 Å². The average Bonchev–Trinajstić information content (AvgIpc) is 2.33. The summed E-state index contributed by atoms with van der Waals surface area (Å²) < 4.78 is 0. The summed E-state index contributed by atoms with van der Waals surface area (Å²) in [6.07, 6.45) is 5.30. The molecule has 1 aliphatic carbocycles. The van der Waals surface area contributed by atoms with Gasteiger partial charge >= 0.3 is 0 Å². The zero-order chi connectivity index (χ0) is 12.3. The van der Waals surface area contributed by atoms with Crippen molar-refractivity contribution >= 4 is 11.6 Å². The lowest BCUT2D eigenvalue weighted by atomic mass is 9.80. The number of hydrazine groups is 1. The fourth-order valence-electron chi connectivity index (χ4n) is 2.58. The summed E-state index contributed by atoms with van der Waals surface area (Å²) in [5, 5.41) is 3.48. The number of aromatic nitrogens is 2. The molecule has 3 unspecified atom stereocenters. The zero-order valence-electron chi connectivity index (χ0n) is 10.5. The van der Waals surface area contributed by atoms with Gasteiger partial charge in [0, 0.05) is 12.1 Å². The molecule has 2 rings (SSSR count).